The molecule has 8 heteroatoms. The van der Waals surface area contributed by atoms with E-state index in [4.69, 9.17) is 0 Å². The van der Waals surface area contributed by atoms with Gasteiger partial charge < -0.3 is 10.4 Å². The van der Waals surface area contributed by atoms with Gasteiger partial charge in [0.15, 0.2) is 0 Å². The highest BCUT2D eigenvalue weighted by atomic mass is 19.1. The summed E-state index contributed by atoms with van der Waals surface area (Å²) in [7, 11) is 0. The third-order valence-electron chi connectivity index (χ3n) is 5.86. The van der Waals surface area contributed by atoms with Crippen molar-refractivity contribution >= 4 is 11.9 Å². The van der Waals surface area contributed by atoms with E-state index in [1.54, 1.807) is 36.4 Å². The first-order valence-electron chi connectivity index (χ1n) is 10.6. The maximum Gasteiger partial charge on any atom is 0.305 e. The molecule has 1 saturated carbocycles. The quantitative estimate of drug-likeness (QED) is 0.519. The number of carboxylic acids is 1. The van der Waals surface area contributed by atoms with Crippen LogP contribution in [0.4, 0.5) is 4.39 Å². The molecule has 1 heterocycles. The van der Waals surface area contributed by atoms with E-state index >= 15 is 0 Å². The normalized spacial score (nSPS) is 14.9. The lowest BCUT2D eigenvalue weighted by Gasteiger charge is -2.18. The molecule has 3 N–H and O–H groups in total. The lowest BCUT2D eigenvalue weighted by molar-refractivity contribution is -0.137. The molecule has 32 heavy (non-hydrogen) atoms. The SMILES string of the molecule is O=C(O)CC(NC(=O)c1cc(=O)n(C2CCCC2)[nH]1)c1ccc(-c2ccc(F)cc2)cc1. The molecule has 2 aromatic carbocycles. The number of amides is 1. The molecule has 0 aliphatic heterocycles. The summed E-state index contributed by atoms with van der Waals surface area (Å²) < 4.78 is 14.6. The molecule has 1 aromatic heterocycles. The Balaban J connectivity index is 1.53. The maximum absolute atomic E-state index is 13.2. The second-order valence-corrected chi connectivity index (χ2v) is 8.07. The second-order valence-electron chi connectivity index (χ2n) is 8.07. The number of carbonyl (C=O) groups excluding carboxylic acids is 1. The van der Waals surface area contributed by atoms with Crippen molar-refractivity contribution < 1.29 is 19.1 Å². The number of hydrogen-bond donors (Lipinski definition) is 3. The molecule has 1 amide bonds. The van der Waals surface area contributed by atoms with Crippen LogP contribution in [0, 0.1) is 5.82 Å². The molecule has 1 aliphatic carbocycles. The van der Waals surface area contributed by atoms with E-state index in [-0.39, 0.29) is 29.5 Å². The van der Waals surface area contributed by atoms with E-state index in [0.29, 0.717) is 5.56 Å². The molecule has 4 rings (SSSR count). The van der Waals surface area contributed by atoms with E-state index in [2.05, 4.69) is 10.4 Å². The molecule has 1 fully saturated rings. The van der Waals surface area contributed by atoms with E-state index in [1.807, 2.05) is 0 Å². The van der Waals surface area contributed by atoms with Crippen molar-refractivity contribution in [1.29, 1.82) is 0 Å². The summed E-state index contributed by atoms with van der Waals surface area (Å²) in [4.78, 5) is 36.5. The topological polar surface area (TPSA) is 104 Å². The van der Waals surface area contributed by atoms with Crippen LogP contribution in [-0.4, -0.2) is 26.8 Å². The van der Waals surface area contributed by atoms with E-state index in [0.717, 1.165) is 36.8 Å². The Labute approximate surface area is 183 Å². The Morgan fingerprint density at radius 2 is 1.66 bits per heavy atom. The first kappa shape index (κ1) is 21.5. The molecular formula is C24H24FN3O4. The van der Waals surface area contributed by atoms with Crippen molar-refractivity contribution in [3.63, 3.8) is 0 Å². The molecule has 0 spiro atoms. The van der Waals surface area contributed by atoms with Crippen molar-refractivity contribution in [2.24, 2.45) is 0 Å². The number of aromatic amines is 1. The van der Waals surface area contributed by atoms with Crippen molar-refractivity contribution in [2.75, 3.05) is 0 Å². The van der Waals surface area contributed by atoms with Crippen molar-refractivity contribution in [2.45, 2.75) is 44.2 Å². The number of benzene rings is 2. The van der Waals surface area contributed by atoms with Crippen LogP contribution in [0.3, 0.4) is 0 Å². The van der Waals surface area contributed by atoms with Crippen molar-refractivity contribution in [3.05, 3.63) is 82.0 Å². The second kappa shape index (κ2) is 9.21. The van der Waals surface area contributed by atoms with Gasteiger partial charge in [-0.15, -0.1) is 0 Å². The lowest BCUT2D eigenvalue weighted by atomic mass is 9.99. The number of aliphatic carboxylic acids is 1. The minimum Gasteiger partial charge on any atom is -0.481 e. The smallest absolute Gasteiger partial charge is 0.305 e. The zero-order valence-corrected chi connectivity index (χ0v) is 17.4. The van der Waals surface area contributed by atoms with Gasteiger partial charge in [-0.3, -0.25) is 19.5 Å². The van der Waals surface area contributed by atoms with Gasteiger partial charge in [0, 0.05) is 6.07 Å². The standard InChI is InChI=1S/C24H24FN3O4/c25-18-11-9-16(10-12-18)15-5-7-17(8-6-15)20(14-23(30)31)26-24(32)21-13-22(29)28(27-21)19-3-1-2-4-19/h5-13,19-20,27H,1-4,14H2,(H,26,32)(H,30,31). The number of halogens is 1. The van der Waals surface area contributed by atoms with Gasteiger partial charge in [0.1, 0.15) is 11.5 Å². The number of nitrogens with zero attached hydrogens (tertiary/aromatic N) is 1. The number of aromatic nitrogens is 2. The molecule has 166 valence electrons. The van der Waals surface area contributed by atoms with Crippen molar-refractivity contribution in [3.8, 4) is 11.1 Å². The fraction of sp³-hybridized carbons (Fsp3) is 0.292. The van der Waals surface area contributed by atoms with Crippen LogP contribution in [-0.2, 0) is 4.79 Å². The zero-order chi connectivity index (χ0) is 22.7. The predicted octanol–water partition coefficient (Wildman–Crippen LogP) is 4.04. The molecule has 1 unspecified atom stereocenters. The number of hydrogen-bond acceptors (Lipinski definition) is 3. The monoisotopic (exact) mass is 437 g/mol. The third kappa shape index (κ3) is 4.80. The first-order valence-corrected chi connectivity index (χ1v) is 10.6. The molecule has 0 bridgehead atoms. The molecule has 3 aromatic rings. The maximum atomic E-state index is 13.2. The van der Waals surface area contributed by atoms with Gasteiger partial charge in [0.05, 0.1) is 18.5 Å². The molecule has 0 radical (unpaired) electrons. The number of carboxylic acid groups (broad SMARTS) is 1. The van der Waals surface area contributed by atoms with Gasteiger partial charge in [-0.05, 0) is 41.7 Å². The molecule has 0 saturated heterocycles. The summed E-state index contributed by atoms with van der Waals surface area (Å²) >= 11 is 0. The Morgan fingerprint density at radius 3 is 2.25 bits per heavy atom. The van der Waals surface area contributed by atoms with Gasteiger partial charge in [0.2, 0.25) is 0 Å². The molecular weight excluding hydrogens is 413 g/mol. The summed E-state index contributed by atoms with van der Waals surface area (Å²) in [5, 5.41) is 14.9. The van der Waals surface area contributed by atoms with Gasteiger partial charge >= 0.3 is 5.97 Å². The third-order valence-corrected chi connectivity index (χ3v) is 5.86. The van der Waals surface area contributed by atoms with Gasteiger partial charge in [0.25, 0.3) is 11.5 Å². The fourth-order valence-electron chi connectivity index (χ4n) is 4.17. The van der Waals surface area contributed by atoms with Crippen LogP contribution >= 0.6 is 0 Å². The Bertz CT molecular complexity index is 1160. The van der Waals surface area contributed by atoms with Crippen LogP contribution < -0.4 is 10.9 Å². The summed E-state index contributed by atoms with van der Waals surface area (Å²) in [5.74, 6) is -1.92. The lowest BCUT2D eigenvalue weighted by Crippen LogP contribution is -2.30. The summed E-state index contributed by atoms with van der Waals surface area (Å²) in [6.45, 7) is 0. The Kier molecular flexibility index (Phi) is 6.20. The van der Waals surface area contributed by atoms with Crippen LogP contribution in [0.5, 0.6) is 0 Å². The number of H-pyrrole nitrogens is 1. The fourth-order valence-corrected chi connectivity index (χ4v) is 4.17. The average molecular weight is 437 g/mol. The average Bonchev–Trinajstić information content (AvgIpc) is 3.43. The van der Waals surface area contributed by atoms with Crippen LogP contribution in [0.15, 0.2) is 59.4 Å². The number of carbonyl (C=O) groups is 2. The van der Waals surface area contributed by atoms with Gasteiger partial charge in [-0.25, -0.2) is 9.07 Å². The minimum atomic E-state index is -1.06. The molecule has 1 atom stereocenters. The molecule has 1 aliphatic rings. The highest BCUT2D eigenvalue weighted by Crippen LogP contribution is 2.28. The van der Waals surface area contributed by atoms with Crippen molar-refractivity contribution in [1.82, 2.24) is 15.1 Å². The van der Waals surface area contributed by atoms with Crippen LogP contribution in [0.1, 0.15) is 60.2 Å². The minimum absolute atomic E-state index is 0.0675. The van der Waals surface area contributed by atoms with Gasteiger partial charge in [-0.2, -0.15) is 0 Å². The van der Waals surface area contributed by atoms with E-state index < -0.39 is 17.9 Å². The highest BCUT2D eigenvalue weighted by molar-refractivity contribution is 5.92. The summed E-state index contributed by atoms with van der Waals surface area (Å²) in [6, 6.07) is 13.7. The Hall–Kier alpha value is -3.68. The van der Waals surface area contributed by atoms with E-state index in [9.17, 15) is 23.9 Å². The van der Waals surface area contributed by atoms with Gasteiger partial charge in [-0.1, -0.05) is 49.2 Å². The first-order chi connectivity index (χ1) is 15.4. The van der Waals surface area contributed by atoms with Crippen LogP contribution in [0.2, 0.25) is 0 Å². The Morgan fingerprint density at radius 1 is 1.06 bits per heavy atom. The predicted molar refractivity (Wildman–Crippen MR) is 117 cm³/mol. The molecule has 7 nitrogen and oxygen atoms in total. The summed E-state index contributed by atoms with van der Waals surface area (Å²) in [6.07, 6.45) is 3.57. The largest absolute Gasteiger partial charge is 0.481 e. The van der Waals surface area contributed by atoms with E-state index in [1.165, 1.54) is 22.9 Å². The summed E-state index contributed by atoms with van der Waals surface area (Å²) in [5.41, 5.74) is 2.12. The number of nitrogens with one attached hydrogen (secondary N) is 2. The van der Waals surface area contributed by atoms with Crippen LogP contribution in [0.25, 0.3) is 11.1 Å². The highest BCUT2D eigenvalue weighted by Gasteiger charge is 2.23. The zero-order valence-electron chi connectivity index (χ0n) is 17.4. The number of rotatable bonds is 7.